The van der Waals surface area contributed by atoms with Gasteiger partial charge in [-0.2, -0.15) is 0 Å². The third-order valence-electron chi connectivity index (χ3n) is 4.96. The molecular weight excluding hydrogens is 488 g/mol. The van der Waals surface area contributed by atoms with Crippen LogP contribution in [0, 0.1) is 5.92 Å². The van der Waals surface area contributed by atoms with Crippen LogP contribution in [0.1, 0.15) is 31.9 Å². The van der Waals surface area contributed by atoms with E-state index in [2.05, 4.69) is 35.1 Å². The highest BCUT2D eigenvalue weighted by Gasteiger charge is 2.28. The molecule has 0 spiro atoms. The number of nitrogens with zero attached hydrogens (tertiary/aromatic N) is 1. The Balaban J connectivity index is 1.91. The van der Waals surface area contributed by atoms with Crippen molar-refractivity contribution in [3.05, 3.63) is 95.0 Å². The van der Waals surface area contributed by atoms with Gasteiger partial charge in [-0.25, -0.2) is 8.42 Å². The second kappa shape index (κ2) is 10.8. The summed E-state index contributed by atoms with van der Waals surface area (Å²) < 4.78 is 28.8. The monoisotopic (exact) mass is 514 g/mol. The Morgan fingerprint density at radius 1 is 0.938 bits per heavy atom. The minimum Gasteiger partial charge on any atom is -0.348 e. The normalized spacial score (nSPS) is 12.4. The molecule has 0 aliphatic rings. The summed E-state index contributed by atoms with van der Waals surface area (Å²) >= 11 is 3.40. The number of carbonyl (C=O) groups excluding carboxylic acids is 1. The summed E-state index contributed by atoms with van der Waals surface area (Å²) in [5.74, 6) is -0.00581. The fourth-order valence-corrected chi connectivity index (χ4v) is 5.29. The highest BCUT2D eigenvalue weighted by Crippen LogP contribution is 2.27. The van der Waals surface area contributed by atoms with Crippen LogP contribution in [0.3, 0.4) is 0 Å². The number of amides is 1. The van der Waals surface area contributed by atoms with Crippen LogP contribution in [0.5, 0.6) is 0 Å². The van der Waals surface area contributed by atoms with Crippen molar-refractivity contribution in [2.45, 2.75) is 31.2 Å². The van der Waals surface area contributed by atoms with E-state index >= 15 is 0 Å². The quantitative estimate of drug-likeness (QED) is 0.407. The van der Waals surface area contributed by atoms with E-state index in [0.29, 0.717) is 11.6 Å². The molecule has 0 fully saturated rings. The molecule has 1 atom stereocenters. The van der Waals surface area contributed by atoms with E-state index in [4.69, 9.17) is 0 Å². The Morgan fingerprint density at radius 3 is 2.16 bits per heavy atom. The van der Waals surface area contributed by atoms with Gasteiger partial charge < -0.3 is 5.32 Å². The molecule has 3 rings (SSSR count). The molecule has 7 heteroatoms. The second-order valence-electron chi connectivity index (χ2n) is 7.96. The molecule has 0 saturated carbocycles. The Kier molecular flexibility index (Phi) is 8.10. The number of hydrogen-bond donors (Lipinski definition) is 1. The summed E-state index contributed by atoms with van der Waals surface area (Å²) in [7, 11) is -3.94. The van der Waals surface area contributed by atoms with Crippen molar-refractivity contribution in [3.63, 3.8) is 0 Å². The predicted molar refractivity (Wildman–Crippen MR) is 132 cm³/mol. The van der Waals surface area contributed by atoms with E-state index in [1.54, 1.807) is 36.4 Å². The van der Waals surface area contributed by atoms with E-state index in [1.165, 1.54) is 12.1 Å². The zero-order valence-corrected chi connectivity index (χ0v) is 20.5. The SMILES string of the molecule is CC(C)C[C@H](NC(=O)CN(c1cccc(Br)c1)S(=O)(=O)c1ccccc1)c1ccccc1. The summed E-state index contributed by atoms with van der Waals surface area (Å²) in [6.45, 7) is 3.86. The van der Waals surface area contributed by atoms with E-state index in [1.807, 2.05) is 36.4 Å². The average molecular weight is 515 g/mol. The second-order valence-corrected chi connectivity index (χ2v) is 10.7. The van der Waals surface area contributed by atoms with Crippen molar-refractivity contribution < 1.29 is 13.2 Å². The first-order valence-electron chi connectivity index (χ1n) is 10.4. The van der Waals surface area contributed by atoms with Crippen LogP contribution in [0.4, 0.5) is 5.69 Å². The van der Waals surface area contributed by atoms with Gasteiger partial charge in [-0.05, 0) is 48.2 Å². The molecule has 1 amide bonds. The molecule has 32 heavy (non-hydrogen) atoms. The first kappa shape index (κ1) is 24.0. The summed E-state index contributed by atoms with van der Waals surface area (Å²) in [6.07, 6.45) is 0.748. The van der Waals surface area contributed by atoms with Gasteiger partial charge in [0.1, 0.15) is 6.54 Å². The number of anilines is 1. The molecule has 168 valence electrons. The van der Waals surface area contributed by atoms with Crippen LogP contribution >= 0.6 is 15.9 Å². The zero-order valence-electron chi connectivity index (χ0n) is 18.1. The number of benzene rings is 3. The lowest BCUT2D eigenvalue weighted by Crippen LogP contribution is -2.42. The smallest absolute Gasteiger partial charge is 0.264 e. The van der Waals surface area contributed by atoms with Gasteiger partial charge in [0.05, 0.1) is 16.6 Å². The van der Waals surface area contributed by atoms with Gasteiger partial charge in [0.25, 0.3) is 10.0 Å². The van der Waals surface area contributed by atoms with Gasteiger partial charge in [0.15, 0.2) is 0 Å². The van der Waals surface area contributed by atoms with Gasteiger partial charge in [-0.1, -0.05) is 84.4 Å². The summed E-state index contributed by atoms with van der Waals surface area (Å²) in [4.78, 5) is 13.3. The third-order valence-corrected chi connectivity index (χ3v) is 7.24. The molecule has 0 unspecified atom stereocenters. The van der Waals surface area contributed by atoms with Crippen LogP contribution in [0.25, 0.3) is 0 Å². The minimum absolute atomic E-state index is 0.134. The zero-order chi connectivity index (χ0) is 23.1. The number of nitrogens with one attached hydrogen (secondary N) is 1. The van der Waals surface area contributed by atoms with Crippen LogP contribution in [-0.2, 0) is 14.8 Å². The van der Waals surface area contributed by atoms with Gasteiger partial charge in [0.2, 0.25) is 5.91 Å². The molecule has 0 bridgehead atoms. The van der Waals surface area contributed by atoms with Crippen molar-refractivity contribution in [3.8, 4) is 0 Å². The van der Waals surface area contributed by atoms with Crippen molar-refractivity contribution in [2.24, 2.45) is 5.92 Å². The molecule has 0 aliphatic carbocycles. The topological polar surface area (TPSA) is 66.5 Å². The molecule has 0 aromatic heterocycles. The predicted octanol–water partition coefficient (Wildman–Crippen LogP) is 5.55. The van der Waals surface area contributed by atoms with Crippen LogP contribution in [-0.4, -0.2) is 20.9 Å². The molecule has 0 radical (unpaired) electrons. The molecule has 1 N–H and O–H groups in total. The standard InChI is InChI=1S/C25H27BrN2O3S/c1-19(2)16-24(20-10-5-3-6-11-20)27-25(29)18-28(22-13-9-12-21(26)17-22)32(30,31)23-14-7-4-8-15-23/h3-15,17,19,24H,16,18H2,1-2H3,(H,27,29)/t24-/m0/s1. The molecule has 0 aliphatic heterocycles. The number of rotatable bonds is 9. The number of sulfonamides is 1. The fourth-order valence-electron chi connectivity index (χ4n) is 3.47. The highest BCUT2D eigenvalue weighted by molar-refractivity contribution is 9.10. The Labute approximate surface area is 198 Å². The Morgan fingerprint density at radius 2 is 1.56 bits per heavy atom. The molecular formula is C25H27BrN2O3S. The summed E-state index contributed by atoms with van der Waals surface area (Å²) in [5, 5.41) is 3.05. The molecule has 3 aromatic rings. The van der Waals surface area contributed by atoms with Crippen molar-refractivity contribution in [1.82, 2.24) is 5.32 Å². The molecule has 0 heterocycles. The van der Waals surface area contributed by atoms with Crippen molar-refractivity contribution in [2.75, 3.05) is 10.8 Å². The maximum absolute atomic E-state index is 13.4. The van der Waals surface area contributed by atoms with Gasteiger partial charge in [-0.3, -0.25) is 9.10 Å². The van der Waals surface area contributed by atoms with Gasteiger partial charge in [0, 0.05) is 4.47 Å². The van der Waals surface area contributed by atoms with Crippen LogP contribution < -0.4 is 9.62 Å². The first-order chi connectivity index (χ1) is 15.3. The van der Waals surface area contributed by atoms with E-state index < -0.39 is 10.0 Å². The maximum atomic E-state index is 13.4. The number of halogens is 1. The lowest BCUT2D eigenvalue weighted by molar-refractivity contribution is -0.120. The van der Waals surface area contributed by atoms with Gasteiger partial charge >= 0.3 is 0 Å². The summed E-state index contributed by atoms with van der Waals surface area (Å²) in [5.41, 5.74) is 1.41. The van der Waals surface area contributed by atoms with Crippen molar-refractivity contribution >= 4 is 37.5 Å². The van der Waals surface area contributed by atoms with Crippen LogP contribution in [0.2, 0.25) is 0 Å². The third kappa shape index (κ3) is 6.20. The van der Waals surface area contributed by atoms with Gasteiger partial charge in [-0.15, -0.1) is 0 Å². The summed E-state index contributed by atoms with van der Waals surface area (Å²) in [6, 6.07) is 24.6. The highest BCUT2D eigenvalue weighted by atomic mass is 79.9. The minimum atomic E-state index is -3.94. The van der Waals surface area contributed by atoms with Crippen LogP contribution in [0.15, 0.2) is 94.3 Å². The largest absolute Gasteiger partial charge is 0.348 e. The van der Waals surface area contributed by atoms with E-state index in [-0.39, 0.29) is 23.4 Å². The van der Waals surface area contributed by atoms with E-state index in [0.717, 1.165) is 20.8 Å². The fraction of sp³-hybridized carbons (Fsp3) is 0.240. The Bertz CT molecular complexity index is 1140. The molecule has 0 saturated heterocycles. The molecule has 5 nitrogen and oxygen atoms in total. The maximum Gasteiger partial charge on any atom is 0.264 e. The number of carbonyl (C=O) groups is 1. The van der Waals surface area contributed by atoms with E-state index in [9.17, 15) is 13.2 Å². The first-order valence-corrected chi connectivity index (χ1v) is 12.7. The Hall–Kier alpha value is -2.64. The van der Waals surface area contributed by atoms with Crippen molar-refractivity contribution in [1.29, 1.82) is 0 Å². The number of hydrogen-bond acceptors (Lipinski definition) is 3. The average Bonchev–Trinajstić information content (AvgIpc) is 2.78. The molecule has 3 aromatic carbocycles. The lowest BCUT2D eigenvalue weighted by Gasteiger charge is -2.26. The lowest BCUT2D eigenvalue weighted by atomic mass is 9.97.